The highest BCUT2D eigenvalue weighted by atomic mass is 16.1. The van der Waals surface area contributed by atoms with Crippen molar-refractivity contribution in [2.45, 2.75) is 25.7 Å². The number of isocyanates is 1. The zero-order chi connectivity index (χ0) is 11.1. The van der Waals surface area contributed by atoms with Crippen molar-refractivity contribution in [1.82, 2.24) is 9.38 Å². The van der Waals surface area contributed by atoms with E-state index in [1.807, 2.05) is 29.7 Å². The lowest BCUT2D eigenvalue weighted by atomic mass is 10.3. The largest absolute Gasteiger partial charge is 0.301 e. The van der Waals surface area contributed by atoms with E-state index in [-0.39, 0.29) is 0 Å². The number of imidazole rings is 1. The first-order chi connectivity index (χ1) is 7.81. The summed E-state index contributed by atoms with van der Waals surface area (Å²) < 4.78 is 2.04. The van der Waals surface area contributed by atoms with Crippen LogP contribution in [0.25, 0.3) is 5.52 Å². The summed E-state index contributed by atoms with van der Waals surface area (Å²) in [4.78, 5) is 18.7. The smallest absolute Gasteiger partial charge is 0.240 e. The van der Waals surface area contributed by atoms with Crippen LogP contribution in [0.3, 0.4) is 0 Å². The summed E-state index contributed by atoms with van der Waals surface area (Å²) in [6.07, 6.45) is 5.99. The summed E-state index contributed by atoms with van der Waals surface area (Å²) in [5.74, 6) is 1.67. The Morgan fingerprint density at radius 1 is 1.56 bits per heavy atom. The van der Waals surface area contributed by atoms with E-state index in [0.29, 0.717) is 11.6 Å². The Bertz CT molecular complexity index is 604. The number of rotatable bonds is 2. The van der Waals surface area contributed by atoms with E-state index < -0.39 is 0 Å². The Hall–Kier alpha value is -1.93. The number of aliphatic imine (C=N–C) groups is 1. The van der Waals surface area contributed by atoms with Gasteiger partial charge in [0.1, 0.15) is 11.5 Å². The molecule has 0 amide bonds. The van der Waals surface area contributed by atoms with E-state index in [1.165, 1.54) is 12.8 Å². The lowest BCUT2D eigenvalue weighted by molar-refractivity contribution is 0.565. The van der Waals surface area contributed by atoms with Gasteiger partial charge in [-0.15, -0.1) is 0 Å². The van der Waals surface area contributed by atoms with Gasteiger partial charge in [0.2, 0.25) is 6.08 Å². The van der Waals surface area contributed by atoms with Crippen molar-refractivity contribution in [1.29, 1.82) is 0 Å². The predicted molar refractivity (Wildman–Crippen MR) is 59.7 cm³/mol. The number of hydrogen-bond donors (Lipinski definition) is 0. The van der Waals surface area contributed by atoms with Gasteiger partial charge in [0, 0.05) is 12.1 Å². The Morgan fingerprint density at radius 3 is 3.06 bits per heavy atom. The van der Waals surface area contributed by atoms with Crippen LogP contribution in [0.4, 0.5) is 5.69 Å². The summed E-state index contributed by atoms with van der Waals surface area (Å²) in [6, 6.07) is 3.70. The Morgan fingerprint density at radius 2 is 2.38 bits per heavy atom. The van der Waals surface area contributed by atoms with Crippen LogP contribution >= 0.6 is 0 Å². The maximum Gasteiger partial charge on any atom is 0.240 e. The van der Waals surface area contributed by atoms with Crippen LogP contribution < -0.4 is 0 Å². The molecule has 1 fully saturated rings. The first kappa shape index (κ1) is 9.31. The third kappa shape index (κ3) is 1.27. The van der Waals surface area contributed by atoms with Crippen molar-refractivity contribution >= 4 is 17.3 Å². The molecule has 1 aliphatic rings. The van der Waals surface area contributed by atoms with Gasteiger partial charge in [-0.1, -0.05) is 0 Å². The van der Waals surface area contributed by atoms with E-state index >= 15 is 0 Å². The minimum Gasteiger partial charge on any atom is -0.301 e. The molecule has 0 aliphatic heterocycles. The molecule has 0 spiro atoms. The summed E-state index contributed by atoms with van der Waals surface area (Å²) in [7, 11) is 0. The molecule has 80 valence electrons. The number of hydrogen-bond acceptors (Lipinski definition) is 3. The SMILES string of the molecule is Cc1nc(C2CC2)n2cccc(N=C=O)c12. The van der Waals surface area contributed by atoms with Gasteiger partial charge in [-0.25, -0.2) is 9.78 Å². The lowest BCUT2D eigenvalue weighted by Crippen LogP contribution is -1.90. The van der Waals surface area contributed by atoms with Crippen molar-refractivity contribution in [3.8, 4) is 0 Å². The molecule has 4 nitrogen and oxygen atoms in total. The maximum absolute atomic E-state index is 10.4. The molecule has 4 heteroatoms. The first-order valence-electron chi connectivity index (χ1n) is 5.36. The molecule has 2 aromatic heterocycles. The molecule has 16 heavy (non-hydrogen) atoms. The van der Waals surface area contributed by atoms with Gasteiger partial charge in [-0.3, -0.25) is 0 Å². The van der Waals surface area contributed by atoms with Crippen LogP contribution in [0.15, 0.2) is 23.3 Å². The van der Waals surface area contributed by atoms with E-state index in [2.05, 4.69) is 9.98 Å². The molecule has 2 aromatic rings. The topological polar surface area (TPSA) is 46.7 Å². The van der Waals surface area contributed by atoms with Gasteiger partial charge in [-0.05, 0) is 31.9 Å². The minimum absolute atomic E-state index is 0.580. The molecule has 0 saturated heterocycles. The van der Waals surface area contributed by atoms with Gasteiger partial charge >= 0.3 is 0 Å². The number of fused-ring (bicyclic) bond motifs is 1. The summed E-state index contributed by atoms with van der Waals surface area (Å²) in [6.45, 7) is 1.95. The fourth-order valence-corrected chi connectivity index (χ4v) is 2.10. The Labute approximate surface area is 92.6 Å². The van der Waals surface area contributed by atoms with E-state index in [4.69, 9.17) is 0 Å². The number of carbonyl (C=O) groups excluding carboxylic acids is 1. The Kier molecular flexibility index (Phi) is 1.91. The third-order valence-corrected chi connectivity index (χ3v) is 2.95. The van der Waals surface area contributed by atoms with E-state index in [9.17, 15) is 4.79 Å². The number of nitrogens with zero attached hydrogens (tertiary/aromatic N) is 3. The molecule has 0 bridgehead atoms. The molecule has 0 radical (unpaired) electrons. The molecule has 0 aromatic carbocycles. The third-order valence-electron chi connectivity index (χ3n) is 2.95. The van der Waals surface area contributed by atoms with Crippen LogP contribution in [0, 0.1) is 6.92 Å². The Balaban J connectivity index is 2.34. The van der Waals surface area contributed by atoms with Crippen molar-refractivity contribution in [3.63, 3.8) is 0 Å². The van der Waals surface area contributed by atoms with Crippen LogP contribution in [0.5, 0.6) is 0 Å². The van der Waals surface area contributed by atoms with Gasteiger partial charge in [0.05, 0.1) is 11.2 Å². The molecular formula is C12H11N3O. The van der Waals surface area contributed by atoms with Gasteiger partial charge in [-0.2, -0.15) is 4.99 Å². The van der Waals surface area contributed by atoms with E-state index in [1.54, 1.807) is 6.08 Å². The van der Waals surface area contributed by atoms with Crippen molar-refractivity contribution in [2.75, 3.05) is 0 Å². The second kappa shape index (κ2) is 3.29. The normalized spacial score (nSPS) is 15.1. The highest BCUT2D eigenvalue weighted by Gasteiger charge is 2.29. The molecule has 0 N–H and O–H groups in total. The highest BCUT2D eigenvalue weighted by Crippen LogP contribution is 2.40. The second-order valence-electron chi connectivity index (χ2n) is 4.14. The molecule has 0 atom stereocenters. The summed E-state index contributed by atoms with van der Waals surface area (Å²) >= 11 is 0. The lowest BCUT2D eigenvalue weighted by Gasteiger charge is -2.00. The summed E-state index contributed by atoms with van der Waals surface area (Å²) in [5, 5.41) is 0. The van der Waals surface area contributed by atoms with Gasteiger partial charge in [0.25, 0.3) is 0 Å². The van der Waals surface area contributed by atoms with Crippen molar-refractivity contribution in [3.05, 3.63) is 29.8 Å². The van der Waals surface area contributed by atoms with Crippen molar-refractivity contribution in [2.24, 2.45) is 4.99 Å². The molecule has 1 saturated carbocycles. The molecular weight excluding hydrogens is 202 g/mol. The predicted octanol–water partition coefficient (Wildman–Crippen LogP) is 2.49. The average molecular weight is 213 g/mol. The van der Waals surface area contributed by atoms with Crippen molar-refractivity contribution < 1.29 is 4.79 Å². The quantitative estimate of drug-likeness (QED) is 0.568. The minimum atomic E-state index is 0.580. The monoisotopic (exact) mass is 213 g/mol. The molecule has 1 aliphatic carbocycles. The number of pyridine rings is 1. The molecule has 3 rings (SSSR count). The average Bonchev–Trinajstić information content (AvgIpc) is 3.05. The molecule has 0 unspecified atom stereocenters. The van der Waals surface area contributed by atoms with Crippen LogP contribution in [0.1, 0.15) is 30.3 Å². The number of aryl methyl sites for hydroxylation is 1. The zero-order valence-corrected chi connectivity index (χ0v) is 8.97. The fraction of sp³-hybridized carbons (Fsp3) is 0.333. The van der Waals surface area contributed by atoms with Crippen LogP contribution in [-0.2, 0) is 4.79 Å². The van der Waals surface area contributed by atoms with Crippen LogP contribution in [0.2, 0.25) is 0 Å². The fourth-order valence-electron chi connectivity index (χ4n) is 2.10. The highest BCUT2D eigenvalue weighted by molar-refractivity contribution is 5.74. The summed E-state index contributed by atoms with van der Waals surface area (Å²) in [5.41, 5.74) is 2.50. The van der Waals surface area contributed by atoms with Gasteiger partial charge in [0.15, 0.2) is 0 Å². The first-order valence-corrected chi connectivity index (χ1v) is 5.36. The standard InChI is InChI=1S/C12H11N3O/c1-8-11-10(13-7-16)3-2-6-15(11)12(14-8)9-4-5-9/h2-3,6,9H,4-5H2,1H3. The maximum atomic E-state index is 10.4. The number of aromatic nitrogens is 2. The van der Waals surface area contributed by atoms with Gasteiger partial charge < -0.3 is 4.40 Å². The van der Waals surface area contributed by atoms with Crippen LogP contribution in [-0.4, -0.2) is 15.5 Å². The zero-order valence-electron chi connectivity index (χ0n) is 8.97. The van der Waals surface area contributed by atoms with E-state index in [0.717, 1.165) is 17.0 Å². The molecule has 2 heterocycles. The second-order valence-corrected chi connectivity index (χ2v) is 4.14.